The number of aromatic nitrogens is 2. The summed E-state index contributed by atoms with van der Waals surface area (Å²) in [6.07, 6.45) is 3.91. The third-order valence-corrected chi connectivity index (χ3v) is 5.50. The van der Waals surface area contributed by atoms with E-state index in [1.807, 2.05) is 36.4 Å². The summed E-state index contributed by atoms with van der Waals surface area (Å²) in [6, 6.07) is 11.9. The highest BCUT2D eigenvalue weighted by molar-refractivity contribution is 5.99. The topological polar surface area (TPSA) is 65.9 Å². The van der Waals surface area contributed by atoms with Gasteiger partial charge in [0.2, 0.25) is 5.75 Å². The number of para-hydroxylation sites is 1. The average molecular weight is 409 g/mol. The smallest absolute Gasteiger partial charge is 0.204 e. The molecule has 4 rings (SSSR count). The van der Waals surface area contributed by atoms with Gasteiger partial charge in [0, 0.05) is 24.4 Å². The van der Waals surface area contributed by atoms with Crippen LogP contribution in [0.4, 0.5) is 5.82 Å². The second-order valence-electron chi connectivity index (χ2n) is 7.35. The Morgan fingerprint density at radius 2 is 1.80 bits per heavy atom. The number of nitrogens with zero attached hydrogens (tertiary/aromatic N) is 3. The van der Waals surface area contributed by atoms with Gasteiger partial charge >= 0.3 is 0 Å². The molecule has 0 radical (unpaired) electrons. The highest BCUT2D eigenvalue weighted by Crippen LogP contribution is 2.45. The van der Waals surface area contributed by atoms with Crippen molar-refractivity contribution in [1.82, 2.24) is 10.2 Å². The number of piperidine rings is 1. The van der Waals surface area contributed by atoms with Crippen LogP contribution >= 0.6 is 0 Å². The van der Waals surface area contributed by atoms with Gasteiger partial charge in [-0.2, -0.15) is 5.10 Å². The lowest BCUT2D eigenvalue weighted by atomic mass is 9.98. The molecule has 1 aromatic heterocycles. The van der Waals surface area contributed by atoms with E-state index in [1.165, 1.54) is 0 Å². The fourth-order valence-corrected chi connectivity index (χ4v) is 4.04. The molecular weight excluding hydrogens is 382 g/mol. The molecule has 1 aliphatic rings. The number of methoxy groups -OCH3 is 3. The van der Waals surface area contributed by atoms with E-state index in [2.05, 4.69) is 15.1 Å². The van der Waals surface area contributed by atoms with Crippen LogP contribution in [0.25, 0.3) is 10.8 Å². The summed E-state index contributed by atoms with van der Waals surface area (Å²) < 4.78 is 22.7. The Hall–Kier alpha value is -3.22. The number of anilines is 1. The monoisotopic (exact) mass is 409 g/mol. The quantitative estimate of drug-likeness (QED) is 0.585. The van der Waals surface area contributed by atoms with Crippen LogP contribution < -0.4 is 23.8 Å². The van der Waals surface area contributed by atoms with Crippen molar-refractivity contribution >= 4 is 16.6 Å². The van der Waals surface area contributed by atoms with Gasteiger partial charge in [0.25, 0.3) is 0 Å². The Bertz CT molecular complexity index is 997. The van der Waals surface area contributed by atoms with Crippen molar-refractivity contribution in [3.05, 3.63) is 42.6 Å². The zero-order valence-corrected chi connectivity index (χ0v) is 17.6. The van der Waals surface area contributed by atoms with Crippen LogP contribution in [-0.4, -0.2) is 51.2 Å². The van der Waals surface area contributed by atoms with Crippen LogP contribution in [0, 0.1) is 5.92 Å². The Balaban J connectivity index is 1.62. The van der Waals surface area contributed by atoms with Gasteiger partial charge in [-0.1, -0.05) is 18.2 Å². The number of benzene rings is 2. The van der Waals surface area contributed by atoms with Crippen molar-refractivity contribution in [3.8, 4) is 23.0 Å². The molecule has 1 unspecified atom stereocenters. The fourth-order valence-electron chi connectivity index (χ4n) is 4.04. The molecule has 158 valence electrons. The van der Waals surface area contributed by atoms with Crippen LogP contribution in [0.5, 0.6) is 23.0 Å². The van der Waals surface area contributed by atoms with E-state index < -0.39 is 0 Å². The Morgan fingerprint density at radius 3 is 2.53 bits per heavy atom. The van der Waals surface area contributed by atoms with E-state index in [4.69, 9.17) is 18.9 Å². The second kappa shape index (κ2) is 9.07. The first-order valence-corrected chi connectivity index (χ1v) is 10.1. The Morgan fingerprint density at radius 1 is 1.00 bits per heavy atom. The molecule has 7 nitrogen and oxygen atoms in total. The SMILES string of the molecule is COc1cc2c(N3CCCC(COc4ccccc4)C3)nncc2c(OC)c1OC. The number of fused-ring (bicyclic) bond motifs is 1. The molecule has 0 bridgehead atoms. The van der Waals surface area contributed by atoms with Gasteiger partial charge in [0.15, 0.2) is 17.3 Å². The molecule has 0 spiro atoms. The van der Waals surface area contributed by atoms with E-state index in [9.17, 15) is 0 Å². The highest BCUT2D eigenvalue weighted by Gasteiger charge is 2.25. The largest absolute Gasteiger partial charge is 0.493 e. The molecule has 0 N–H and O–H groups in total. The molecule has 1 saturated heterocycles. The Labute approximate surface area is 176 Å². The van der Waals surface area contributed by atoms with E-state index in [1.54, 1.807) is 27.5 Å². The van der Waals surface area contributed by atoms with Crippen LogP contribution in [-0.2, 0) is 0 Å². The summed E-state index contributed by atoms with van der Waals surface area (Å²) in [7, 11) is 4.84. The lowest BCUT2D eigenvalue weighted by molar-refractivity contribution is 0.228. The van der Waals surface area contributed by atoms with E-state index in [0.717, 1.165) is 48.3 Å². The second-order valence-corrected chi connectivity index (χ2v) is 7.35. The minimum absolute atomic E-state index is 0.415. The lowest BCUT2D eigenvalue weighted by Crippen LogP contribution is -2.38. The summed E-state index contributed by atoms with van der Waals surface area (Å²) in [5.41, 5.74) is 0. The minimum Gasteiger partial charge on any atom is -0.493 e. The molecule has 2 aromatic carbocycles. The molecule has 30 heavy (non-hydrogen) atoms. The molecule has 3 aromatic rings. The van der Waals surface area contributed by atoms with Crippen LogP contribution in [0.2, 0.25) is 0 Å². The fraction of sp³-hybridized carbons (Fsp3) is 0.391. The van der Waals surface area contributed by atoms with E-state index in [0.29, 0.717) is 29.8 Å². The van der Waals surface area contributed by atoms with Crippen molar-refractivity contribution in [1.29, 1.82) is 0 Å². The molecule has 2 heterocycles. The molecular formula is C23H27N3O4. The average Bonchev–Trinajstić information content (AvgIpc) is 2.81. The predicted molar refractivity (Wildman–Crippen MR) is 116 cm³/mol. The predicted octanol–water partition coefficient (Wildman–Crippen LogP) is 3.95. The third-order valence-electron chi connectivity index (χ3n) is 5.50. The van der Waals surface area contributed by atoms with Crippen LogP contribution in [0.1, 0.15) is 12.8 Å². The van der Waals surface area contributed by atoms with Crippen molar-refractivity contribution in [2.75, 3.05) is 45.9 Å². The zero-order chi connectivity index (χ0) is 20.9. The van der Waals surface area contributed by atoms with Crippen molar-refractivity contribution in [2.24, 2.45) is 5.92 Å². The van der Waals surface area contributed by atoms with Crippen molar-refractivity contribution < 1.29 is 18.9 Å². The van der Waals surface area contributed by atoms with Crippen LogP contribution in [0.3, 0.4) is 0 Å². The Kier molecular flexibility index (Phi) is 6.07. The lowest BCUT2D eigenvalue weighted by Gasteiger charge is -2.33. The highest BCUT2D eigenvalue weighted by atomic mass is 16.5. The summed E-state index contributed by atoms with van der Waals surface area (Å²) >= 11 is 0. The summed E-state index contributed by atoms with van der Waals surface area (Å²) in [4.78, 5) is 2.28. The number of hydrogen-bond donors (Lipinski definition) is 0. The van der Waals surface area contributed by atoms with Gasteiger partial charge in [-0.05, 0) is 31.0 Å². The van der Waals surface area contributed by atoms with Gasteiger partial charge in [-0.3, -0.25) is 0 Å². The first kappa shape index (κ1) is 20.1. The van der Waals surface area contributed by atoms with Gasteiger partial charge in [0.05, 0.1) is 39.5 Å². The maximum atomic E-state index is 6.00. The molecule has 0 saturated carbocycles. The first-order chi connectivity index (χ1) is 14.7. The third kappa shape index (κ3) is 3.92. The maximum Gasteiger partial charge on any atom is 0.204 e. The van der Waals surface area contributed by atoms with Gasteiger partial charge in [-0.25, -0.2) is 0 Å². The standard InChI is InChI=1S/C23H27N3O4/c1-27-20-12-18-19(21(28-2)22(20)29-3)13-24-25-23(18)26-11-7-8-16(14-26)15-30-17-9-5-4-6-10-17/h4-6,9-10,12-13,16H,7-8,11,14-15H2,1-3H3. The molecule has 7 heteroatoms. The number of ether oxygens (including phenoxy) is 4. The van der Waals surface area contributed by atoms with E-state index in [-0.39, 0.29) is 0 Å². The summed E-state index contributed by atoms with van der Waals surface area (Å²) in [5, 5.41) is 10.5. The minimum atomic E-state index is 0.415. The van der Waals surface area contributed by atoms with Gasteiger partial charge in [-0.15, -0.1) is 5.10 Å². The maximum absolute atomic E-state index is 6.00. The normalized spacial score (nSPS) is 16.4. The molecule has 1 fully saturated rings. The number of hydrogen-bond acceptors (Lipinski definition) is 7. The first-order valence-electron chi connectivity index (χ1n) is 10.1. The van der Waals surface area contributed by atoms with Crippen molar-refractivity contribution in [2.45, 2.75) is 12.8 Å². The van der Waals surface area contributed by atoms with Gasteiger partial charge in [0.1, 0.15) is 5.75 Å². The van der Waals surface area contributed by atoms with Crippen LogP contribution in [0.15, 0.2) is 42.6 Å². The molecule has 0 amide bonds. The van der Waals surface area contributed by atoms with E-state index >= 15 is 0 Å². The summed E-state index contributed by atoms with van der Waals surface area (Å²) in [6.45, 7) is 2.46. The summed E-state index contributed by atoms with van der Waals surface area (Å²) in [5.74, 6) is 3.91. The molecule has 1 aliphatic heterocycles. The van der Waals surface area contributed by atoms with Crippen molar-refractivity contribution in [3.63, 3.8) is 0 Å². The molecule has 1 atom stereocenters. The number of rotatable bonds is 7. The zero-order valence-electron chi connectivity index (χ0n) is 17.6. The van der Waals surface area contributed by atoms with Gasteiger partial charge < -0.3 is 23.8 Å². The molecule has 0 aliphatic carbocycles.